The molecule has 0 saturated heterocycles. The first-order chi connectivity index (χ1) is 5.43. The number of hydrogen-bond acceptors (Lipinski definition) is 1. The predicted molar refractivity (Wildman–Crippen MR) is 54.2 cm³/mol. The van der Waals surface area contributed by atoms with Crippen LogP contribution in [0.25, 0.3) is 0 Å². The largest absolute Gasteiger partial charge is 0.159 e. The number of hydrogen-bond donors (Lipinski definition) is 0. The van der Waals surface area contributed by atoms with Gasteiger partial charge >= 0.3 is 0 Å². The second-order valence-corrected chi connectivity index (χ2v) is 4.89. The Balaban J connectivity index is 1.73. The lowest BCUT2D eigenvalue weighted by atomic mass is 10.0. The smallest absolute Gasteiger partial charge is 0.00470 e. The highest BCUT2D eigenvalue weighted by Gasteiger charge is 2.16. The molecule has 0 nitrogen and oxygen atoms in total. The summed E-state index contributed by atoms with van der Waals surface area (Å²) in [6.07, 6.45) is 10.2. The van der Waals surface area contributed by atoms with E-state index in [0.717, 1.165) is 5.25 Å². The summed E-state index contributed by atoms with van der Waals surface area (Å²) in [7, 11) is 0. The van der Waals surface area contributed by atoms with Crippen LogP contribution >= 0.6 is 11.8 Å². The van der Waals surface area contributed by atoms with Gasteiger partial charge in [-0.05, 0) is 25.0 Å². The van der Waals surface area contributed by atoms with E-state index in [4.69, 9.17) is 0 Å². The summed E-state index contributed by atoms with van der Waals surface area (Å²) in [6.45, 7) is 2.28. The van der Waals surface area contributed by atoms with Crippen molar-refractivity contribution in [3.05, 3.63) is 0 Å². The summed E-state index contributed by atoms with van der Waals surface area (Å²) < 4.78 is 0. The molecule has 1 fully saturated rings. The summed E-state index contributed by atoms with van der Waals surface area (Å²) in [6, 6.07) is 0. The Hall–Kier alpha value is 0.350. The molecular weight excluding hydrogens is 152 g/mol. The van der Waals surface area contributed by atoms with Gasteiger partial charge in [0.25, 0.3) is 0 Å². The molecule has 1 rings (SSSR count). The predicted octanol–water partition coefficient (Wildman–Crippen LogP) is 3.85. The second-order valence-electron chi connectivity index (χ2n) is 3.48. The lowest BCUT2D eigenvalue weighted by Gasteiger charge is -2.24. The first kappa shape index (κ1) is 9.44. The van der Waals surface area contributed by atoms with Gasteiger partial charge in [-0.2, -0.15) is 11.8 Å². The molecule has 0 aromatic heterocycles. The Morgan fingerprint density at radius 2 is 2.00 bits per heavy atom. The first-order valence-electron chi connectivity index (χ1n) is 5.05. The van der Waals surface area contributed by atoms with E-state index in [-0.39, 0.29) is 0 Å². The minimum absolute atomic E-state index is 1.05. The summed E-state index contributed by atoms with van der Waals surface area (Å²) in [5.41, 5.74) is 0. The van der Waals surface area contributed by atoms with Crippen molar-refractivity contribution in [2.75, 3.05) is 5.75 Å². The number of rotatable bonds is 6. The number of thioether (sulfide) groups is 1. The topological polar surface area (TPSA) is 0 Å². The van der Waals surface area contributed by atoms with E-state index in [1.54, 1.807) is 0 Å². The maximum absolute atomic E-state index is 2.28. The third kappa shape index (κ3) is 4.05. The highest BCUT2D eigenvalue weighted by Crippen LogP contribution is 2.31. The third-order valence-electron chi connectivity index (χ3n) is 2.40. The van der Waals surface area contributed by atoms with E-state index in [1.165, 1.54) is 50.7 Å². The molecule has 0 aromatic rings. The van der Waals surface area contributed by atoms with Crippen molar-refractivity contribution in [2.24, 2.45) is 0 Å². The Bertz CT molecular complexity index is 86.9. The van der Waals surface area contributed by atoms with Gasteiger partial charge in [0.15, 0.2) is 0 Å². The quantitative estimate of drug-likeness (QED) is 0.548. The van der Waals surface area contributed by atoms with Gasteiger partial charge in [-0.25, -0.2) is 0 Å². The van der Waals surface area contributed by atoms with Crippen LogP contribution in [0.3, 0.4) is 0 Å². The monoisotopic (exact) mass is 172 g/mol. The summed E-state index contributed by atoms with van der Waals surface area (Å²) in [4.78, 5) is 0. The molecule has 11 heavy (non-hydrogen) atoms. The van der Waals surface area contributed by atoms with Gasteiger partial charge in [-0.3, -0.25) is 0 Å². The maximum Gasteiger partial charge on any atom is 0.00470 e. The van der Waals surface area contributed by atoms with Crippen molar-refractivity contribution < 1.29 is 0 Å². The van der Waals surface area contributed by atoms with Crippen molar-refractivity contribution in [3.8, 4) is 0 Å². The Kier molecular flexibility index (Phi) is 5.09. The van der Waals surface area contributed by atoms with Crippen LogP contribution in [0, 0.1) is 0 Å². The molecule has 0 N–H and O–H groups in total. The van der Waals surface area contributed by atoms with Crippen molar-refractivity contribution in [3.63, 3.8) is 0 Å². The van der Waals surface area contributed by atoms with Gasteiger partial charge in [0.1, 0.15) is 0 Å². The molecule has 0 atom stereocenters. The molecule has 0 aromatic carbocycles. The fourth-order valence-electron chi connectivity index (χ4n) is 1.32. The molecule has 1 aliphatic carbocycles. The van der Waals surface area contributed by atoms with Crippen molar-refractivity contribution in [2.45, 2.75) is 57.1 Å². The molecule has 0 radical (unpaired) electrons. The lowest BCUT2D eigenvalue weighted by Crippen LogP contribution is -2.13. The minimum Gasteiger partial charge on any atom is -0.159 e. The molecule has 0 spiro atoms. The van der Waals surface area contributed by atoms with E-state index in [1.807, 2.05) is 0 Å². The van der Waals surface area contributed by atoms with Gasteiger partial charge in [-0.1, -0.05) is 32.6 Å². The van der Waals surface area contributed by atoms with Gasteiger partial charge < -0.3 is 0 Å². The summed E-state index contributed by atoms with van der Waals surface area (Å²) >= 11 is 2.21. The van der Waals surface area contributed by atoms with Crippen LogP contribution in [0.4, 0.5) is 0 Å². The van der Waals surface area contributed by atoms with Gasteiger partial charge in [0.05, 0.1) is 0 Å². The van der Waals surface area contributed by atoms with E-state index < -0.39 is 0 Å². The van der Waals surface area contributed by atoms with Crippen LogP contribution in [-0.2, 0) is 0 Å². The molecule has 0 aliphatic heterocycles. The van der Waals surface area contributed by atoms with Crippen molar-refractivity contribution in [1.82, 2.24) is 0 Å². The summed E-state index contributed by atoms with van der Waals surface area (Å²) in [5, 5.41) is 1.05. The van der Waals surface area contributed by atoms with Crippen molar-refractivity contribution >= 4 is 11.8 Å². The molecule has 1 aliphatic rings. The summed E-state index contributed by atoms with van der Waals surface area (Å²) in [5.74, 6) is 1.42. The van der Waals surface area contributed by atoms with Crippen LogP contribution < -0.4 is 0 Å². The SMILES string of the molecule is CCCCCCSC1CCC1. The molecule has 0 bridgehead atoms. The van der Waals surface area contributed by atoms with E-state index in [0.29, 0.717) is 0 Å². The first-order valence-corrected chi connectivity index (χ1v) is 6.10. The maximum atomic E-state index is 2.28. The Morgan fingerprint density at radius 1 is 1.18 bits per heavy atom. The van der Waals surface area contributed by atoms with E-state index >= 15 is 0 Å². The molecule has 1 heteroatoms. The highest BCUT2D eigenvalue weighted by molar-refractivity contribution is 7.99. The number of unbranched alkanes of at least 4 members (excludes halogenated alkanes) is 3. The average Bonchev–Trinajstić information content (AvgIpc) is 1.93. The zero-order valence-electron chi connectivity index (χ0n) is 7.64. The molecule has 1 saturated carbocycles. The average molecular weight is 172 g/mol. The zero-order chi connectivity index (χ0) is 7.94. The van der Waals surface area contributed by atoms with Gasteiger partial charge in [0.2, 0.25) is 0 Å². The standard InChI is InChI=1S/C10H20S/c1-2-3-4-5-9-11-10-7-6-8-10/h10H,2-9H2,1H3. The zero-order valence-corrected chi connectivity index (χ0v) is 8.46. The Labute approximate surface area is 75.1 Å². The van der Waals surface area contributed by atoms with Crippen LogP contribution in [0.2, 0.25) is 0 Å². The van der Waals surface area contributed by atoms with Crippen LogP contribution in [0.15, 0.2) is 0 Å². The van der Waals surface area contributed by atoms with Gasteiger partial charge in [0, 0.05) is 5.25 Å². The van der Waals surface area contributed by atoms with Crippen LogP contribution in [0.5, 0.6) is 0 Å². The highest BCUT2D eigenvalue weighted by atomic mass is 32.2. The third-order valence-corrected chi connectivity index (χ3v) is 3.87. The minimum atomic E-state index is 1.05. The normalized spacial score (nSPS) is 18.3. The molecule has 66 valence electrons. The fourth-order valence-corrected chi connectivity index (χ4v) is 2.69. The van der Waals surface area contributed by atoms with E-state index in [9.17, 15) is 0 Å². The van der Waals surface area contributed by atoms with Crippen molar-refractivity contribution in [1.29, 1.82) is 0 Å². The lowest BCUT2D eigenvalue weighted by molar-refractivity contribution is 0.521. The molecule has 0 heterocycles. The molecule has 0 unspecified atom stereocenters. The molecular formula is C10H20S. The van der Waals surface area contributed by atoms with Crippen LogP contribution in [-0.4, -0.2) is 11.0 Å². The fraction of sp³-hybridized carbons (Fsp3) is 1.00. The van der Waals surface area contributed by atoms with E-state index in [2.05, 4.69) is 18.7 Å². The van der Waals surface area contributed by atoms with Crippen LogP contribution in [0.1, 0.15) is 51.9 Å². The second kappa shape index (κ2) is 5.93. The Morgan fingerprint density at radius 3 is 2.55 bits per heavy atom. The van der Waals surface area contributed by atoms with Gasteiger partial charge in [-0.15, -0.1) is 0 Å². The molecule has 0 amide bonds.